The van der Waals surface area contributed by atoms with E-state index in [1.807, 2.05) is 0 Å². The molecule has 2 amide bonds. The fraction of sp³-hybridized carbons (Fsp3) is 0.286. The summed E-state index contributed by atoms with van der Waals surface area (Å²) in [5, 5.41) is 18.5. The molecule has 0 spiro atoms. The summed E-state index contributed by atoms with van der Waals surface area (Å²) < 4.78 is 5.31. The maximum atomic E-state index is 12.9. The number of rotatable bonds is 9. The van der Waals surface area contributed by atoms with Crippen LogP contribution in [0.1, 0.15) is 18.2 Å². The number of thioether (sulfide) groups is 1. The van der Waals surface area contributed by atoms with Crippen molar-refractivity contribution in [2.45, 2.75) is 24.9 Å². The van der Waals surface area contributed by atoms with Crippen molar-refractivity contribution in [3.63, 3.8) is 0 Å². The molecule has 2 aliphatic rings. The van der Waals surface area contributed by atoms with Crippen LogP contribution in [0.2, 0.25) is 0 Å². The van der Waals surface area contributed by atoms with Crippen LogP contribution in [0.25, 0.3) is 0 Å². The minimum atomic E-state index is -0.892. The molecule has 3 N–H and O–H groups in total. The van der Waals surface area contributed by atoms with Gasteiger partial charge in [-0.1, -0.05) is 5.16 Å². The van der Waals surface area contributed by atoms with Gasteiger partial charge >= 0.3 is 5.97 Å². The molecule has 15 heteroatoms. The number of nitrogens with two attached hydrogens (primary N) is 1. The van der Waals surface area contributed by atoms with Gasteiger partial charge in [0.05, 0.1) is 4.92 Å². The first-order valence-electron chi connectivity index (χ1n) is 10.6. The molecule has 36 heavy (non-hydrogen) atoms. The van der Waals surface area contributed by atoms with Crippen molar-refractivity contribution in [2.24, 2.45) is 5.16 Å². The first kappa shape index (κ1) is 25.1. The molecule has 13 nitrogen and oxygen atoms in total. The van der Waals surface area contributed by atoms with Crippen molar-refractivity contribution in [2.75, 3.05) is 18.1 Å². The zero-order chi connectivity index (χ0) is 25.8. The van der Waals surface area contributed by atoms with Crippen LogP contribution in [0.4, 0.5) is 10.8 Å². The fourth-order valence-electron chi connectivity index (χ4n) is 3.41. The lowest BCUT2D eigenvalue weighted by Gasteiger charge is -2.48. The Morgan fingerprint density at radius 3 is 2.75 bits per heavy atom. The van der Waals surface area contributed by atoms with Crippen LogP contribution >= 0.6 is 23.1 Å². The zero-order valence-electron chi connectivity index (χ0n) is 18.8. The van der Waals surface area contributed by atoms with Crippen molar-refractivity contribution in [1.82, 2.24) is 15.2 Å². The Bertz CT molecular complexity index is 1260. The highest BCUT2D eigenvalue weighted by molar-refractivity contribution is 8.00. The SMILES string of the molecule is CCO/N=C(/C(=O)NC1C(=O)N2C(C(=O)OCc3ccc([N+](=O)[O-])cc3)=CCSC12)c1csc(N)n1. The van der Waals surface area contributed by atoms with Crippen molar-refractivity contribution < 1.29 is 28.9 Å². The number of hydrogen-bond acceptors (Lipinski definition) is 12. The molecule has 2 aliphatic heterocycles. The van der Waals surface area contributed by atoms with E-state index in [2.05, 4.69) is 15.5 Å². The molecule has 2 unspecified atom stereocenters. The van der Waals surface area contributed by atoms with Gasteiger partial charge < -0.3 is 20.6 Å². The van der Waals surface area contributed by atoms with E-state index < -0.39 is 34.1 Å². The number of carbonyl (C=O) groups is 3. The molecule has 2 atom stereocenters. The van der Waals surface area contributed by atoms with Crippen LogP contribution in [0.5, 0.6) is 0 Å². The van der Waals surface area contributed by atoms with E-state index >= 15 is 0 Å². The van der Waals surface area contributed by atoms with Gasteiger partial charge in [-0.15, -0.1) is 23.1 Å². The molecule has 4 rings (SSSR count). The van der Waals surface area contributed by atoms with Gasteiger partial charge in [0.15, 0.2) is 10.8 Å². The van der Waals surface area contributed by atoms with Gasteiger partial charge in [-0.25, -0.2) is 9.78 Å². The Hall–Kier alpha value is -3.98. The largest absolute Gasteiger partial charge is 0.456 e. The third kappa shape index (κ3) is 5.16. The molecule has 0 radical (unpaired) electrons. The Kier molecular flexibility index (Phi) is 7.49. The number of nitro groups is 1. The Balaban J connectivity index is 1.39. The standard InChI is InChI=1S/C21H20N6O7S2/c1-2-34-25-15(13-10-36-21(22)23-13)17(28)24-16-18(29)26-14(7-8-35-19(16)26)20(30)33-9-11-3-5-12(6-4-11)27(31)32/h3-7,10,16,19H,2,8-9H2,1H3,(H2,22,23)(H,24,28)/b25-15+. The highest BCUT2D eigenvalue weighted by atomic mass is 32.2. The van der Waals surface area contributed by atoms with Crippen LogP contribution in [0.15, 0.2) is 46.6 Å². The Morgan fingerprint density at radius 1 is 1.36 bits per heavy atom. The lowest BCUT2D eigenvalue weighted by Crippen LogP contribution is -2.70. The lowest BCUT2D eigenvalue weighted by molar-refractivity contribution is -0.384. The lowest BCUT2D eigenvalue weighted by atomic mass is 10.0. The molecule has 2 aromatic rings. The summed E-state index contributed by atoms with van der Waals surface area (Å²) in [7, 11) is 0. The number of hydrogen-bond donors (Lipinski definition) is 2. The second-order valence-corrected chi connectivity index (χ2v) is 9.44. The molecule has 1 aromatic carbocycles. The number of anilines is 1. The number of nitrogens with one attached hydrogen (secondary N) is 1. The molecule has 1 aromatic heterocycles. The van der Waals surface area contributed by atoms with Crippen LogP contribution in [-0.2, 0) is 30.6 Å². The Morgan fingerprint density at radius 2 is 2.11 bits per heavy atom. The molecule has 188 valence electrons. The van der Waals surface area contributed by atoms with Gasteiger partial charge in [-0.2, -0.15) is 0 Å². The van der Waals surface area contributed by atoms with Gasteiger partial charge in [0.1, 0.15) is 36.0 Å². The van der Waals surface area contributed by atoms with E-state index in [1.165, 1.54) is 40.9 Å². The molecule has 1 fully saturated rings. The number of oxime groups is 1. The van der Waals surface area contributed by atoms with Crippen molar-refractivity contribution in [1.29, 1.82) is 0 Å². The monoisotopic (exact) mass is 532 g/mol. The first-order chi connectivity index (χ1) is 17.3. The van der Waals surface area contributed by atoms with Gasteiger partial charge in [0, 0.05) is 23.3 Å². The number of esters is 1. The number of nitrogens with zero attached hydrogens (tertiary/aromatic N) is 4. The average Bonchev–Trinajstić information content (AvgIpc) is 3.31. The molecular weight excluding hydrogens is 512 g/mol. The number of amides is 2. The summed E-state index contributed by atoms with van der Waals surface area (Å²) in [5.41, 5.74) is 6.32. The minimum Gasteiger partial charge on any atom is -0.456 e. The summed E-state index contributed by atoms with van der Waals surface area (Å²) >= 11 is 2.51. The number of fused-ring (bicyclic) bond motifs is 1. The molecule has 1 saturated heterocycles. The summed E-state index contributed by atoms with van der Waals surface area (Å²) in [6.45, 7) is 1.80. The molecule has 3 heterocycles. The van der Waals surface area contributed by atoms with Crippen molar-refractivity contribution >= 4 is 57.4 Å². The van der Waals surface area contributed by atoms with Crippen molar-refractivity contribution in [3.05, 3.63) is 62.8 Å². The number of nitro benzene ring substituents is 1. The minimum absolute atomic E-state index is 0.0756. The number of β-lactam (4-membered cyclic amide) rings is 1. The maximum absolute atomic E-state index is 12.9. The summed E-state index contributed by atoms with van der Waals surface area (Å²) in [6, 6.07) is 4.70. The predicted octanol–water partition coefficient (Wildman–Crippen LogP) is 1.40. The van der Waals surface area contributed by atoms with Crippen LogP contribution in [0, 0.1) is 10.1 Å². The Labute approximate surface area is 212 Å². The van der Waals surface area contributed by atoms with Crippen molar-refractivity contribution in [3.8, 4) is 0 Å². The molecule has 0 aliphatic carbocycles. The normalized spacial score (nSPS) is 19.0. The van der Waals surface area contributed by atoms with E-state index in [4.69, 9.17) is 15.3 Å². The third-order valence-corrected chi connectivity index (χ3v) is 6.98. The van der Waals surface area contributed by atoms with E-state index in [0.717, 1.165) is 11.3 Å². The van der Waals surface area contributed by atoms with Gasteiger partial charge in [-0.05, 0) is 30.7 Å². The average molecular weight is 533 g/mol. The second-order valence-electron chi connectivity index (χ2n) is 7.40. The van der Waals surface area contributed by atoms with Crippen LogP contribution in [0.3, 0.4) is 0 Å². The number of non-ortho nitro benzene ring substituents is 1. The van der Waals surface area contributed by atoms with Gasteiger partial charge in [0.25, 0.3) is 17.5 Å². The number of carbonyl (C=O) groups excluding carboxylic acids is 3. The number of nitrogen functional groups attached to an aromatic ring is 1. The van der Waals surface area contributed by atoms with E-state index in [9.17, 15) is 24.5 Å². The number of aromatic nitrogens is 1. The summed E-state index contributed by atoms with van der Waals surface area (Å²) in [4.78, 5) is 59.0. The highest BCUT2D eigenvalue weighted by Gasteiger charge is 2.53. The molecule has 0 saturated carbocycles. The van der Waals surface area contributed by atoms with E-state index in [-0.39, 0.29) is 41.1 Å². The zero-order valence-corrected chi connectivity index (χ0v) is 20.4. The molecule has 0 bridgehead atoms. The maximum Gasteiger partial charge on any atom is 0.355 e. The number of thiazole rings is 1. The quantitative estimate of drug-likeness (QED) is 0.158. The number of ether oxygens (including phenoxy) is 1. The second kappa shape index (κ2) is 10.7. The van der Waals surface area contributed by atoms with Crippen LogP contribution in [-0.4, -0.2) is 62.1 Å². The number of benzene rings is 1. The first-order valence-corrected chi connectivity index (χ1v) is 12.5. The van der Waals surface area contributed by atoms with E-state index in [0.29, 0.717) is 11.3 Å². The summed E-state index contributed by atoms with van der Waals surface area (Å²) in [6.07, 6.45) is 1.58. The van der Waals surface area contributed by atoms with E-state index in [1.54, 1.807) is 18.4 Å². The predicted molar refractivity (Wildman–Crippen MR) is 131 cm³/mol. The fourth-order valence-corrected chi connectivity index (χ4v) is 5.15. The molecular formula is C21H20N6O7S2. The van der Waals surface area contributed by atoms with Crippen LogP contribution < -0.4 is 11.1 Å². The van der Waals surface area contributed by atoms with Gasteiger partial charge in [-0.3, -0.25) is 24.6 Å². The smallest absolute Gasteiger partial charge is 0.355 e. The van der Waals surface area contributed by atoms with Gasteiger partial charge in [0.2, 0.25) is 0 Å². The highest BCUT2D eigenvalue weighted by Crippen LogP contribution is 2.38. The summed E-state index contributed by atoms with van der Waals surface area (Å²) in [5.74, 6) is -1.43. The third-order valence-electron chi connectivity index (χ3n) is 5.12. The topological polar surface area (TPSA) is 179 Å².